The third-order valence-electron chi connectivity index (χ3n) is 4.87. The van der Waals surface area contributed by atoms with Crippen molar-refractivity contribution in [2.75, 3.05) is 0 Å². The highest BCUT2D eigenvalue weighted by molar-refractivity contribution is 7.16. The van der Waals surface area contributed by atoms with Crippen molar-refractivity contribution >= 4 is 27.5 Å². The van der Waals surface area contributed by atoms with E-state index in [0.717, 1.165) is 22.5 Å². The second-order valence-corrected chi connectivity index (χ2v) is 7.90. The van der Waals surface area contributed by atoms with E-state index in [0.29, 0.717) is 16.1 Å². The molecule has 0 unspecified atom stereocenters. The van der Waals surface area contributed by atoms with Crippen molar-refractivity contribution in [2.45, 2.75) is 27.3 Å². The highest BCUT2D eigenvalue weighted by atomic mass is 32.1. The number of thiazole rings is 1. The minimum Gasteiger partial charge on any atom is -0.457 e. The van der Waals surface area contributed by atoms with E-state index in [1.165, 1.54) is 11.1 Å². The van der Waals surface area contributed by atoms with E-state index in [-0.39, 0.29) is 5.91 Å². The SMILES string of the molecule is CCn1c(=NC(=O)c2cccc(Oc3ccccc3)c2)sc2cc(C)c(C)cc21. The molecule has 1 heterocycles. The standard InChI is InChI=1S/C24H22N2O2S/c1-4-26-21-13-16(2)17(3)14-22(21)29-24(26)25-23(27)18-9-8-12-20(15-18)28-19-10-6-5-7-11-19/h5-15H,4H2,1-3H3. The van der Waals surface area contributed by atoms with Crippen molar-refractivity contribution < 1.29 is 9.53 Å². The summed E-state index contributed by atoms with van der Waals surface area (Å²) < 4.78 is 9.08. The van der Waals surface area contributed by atoms with Gasteiger partial charge in [-0.15, -0.1) is 0 Å². The minimum absolute atomic E-state index is 0.272. The van der Waals surface area contributed by atoms with Crippen molar-refractivity contribution in [1.82, 2.24) is 4.57 Å². The Morgan fingerprint density at radius 1 is 0.966 bits per heavy atom. The van der Waals surface area contributed by atoms with Gasteiger partial charge in [0, 0.05) is 12.1 Å². The minimum atomic E-state index is -0.272. The first kappa shape index (κ1) is 19.2. The first-order valence-corrected chi connectivity index (χ1v) is 10.4. The average molecular weight is 403 g/mol. The first-order chi connectivity index (χ1) is 14.0. The summed E-state index contributed by atoms with van der Waals surface area (Å²) in [5.41, 5.74) is 4.10. The van der Waals surface area contributed by atoms with Crippen molar-refractivity contribution in [2.24, 2.45) is 4.99 Å². The van der Waals surface area contributed by atoms with E-state index in [1.807, 2.05) is 42.5 Å². The number of fused-ring (bicyclic) bond motifs is 1. The molecule has 0 aliphatic carbocycles. The Morgan fingerprint density at radius 3 is 2.45 bits per heavy atom. The number of aryl methyl sites for hydroxylation is 3. The Labute approximate surface area is 173 Å². The van der Waals surface area contributed by atoms with Gasteiger partial charge in [-0.25, -0.2) is 0 Å². The molecule has 0 saturated heterocycles. The highest BCUT2D eigenvalue weighted by Gasteiger charge is 2.11. The van der Waals surface area contributed by atoms with E-state index < -0.39 is 0 Å². The van der Waals surface area contributed by atoms with Crippen LogP contribution in [0, 0.1) is 13.8 Å². The third kappa shape index (κ3) is 4.00. The normalized spacial score (nSPS) is 11.8. The highest BCUT2D eigenvalue weighted by Crippen LogP contribution is 2.23. The van der Waals surface area contributed by atoms with Crippen LogP contribution in [0.15, 0.2) is 71.7 Å². The molecule has 0 aliphatic heterocycles. The Morgan fingerprint density at radius 2 is 1.69 bits per heavy atom. The van der Waals surface area contributed by atoms with Gasteiger partial charge in [0.1, 0.15) is 11.5 Å². The molecule has 4 nitrogen and oxygen atoms in total. The van der Waals surface area contributed by atoms with Gasteiger partial charge in [0.2, 0.25) is 0 Å². The van der Waals surface area contributed by atoms with E-state index in [4.69, 9.17) is 4.74 Å². The second kappa shape index (κ2) is 8.05. The molecule has 29 heavy (non-hydrogen) atoms. The molecule has 0 atom stereocenters. The molecule has 0 aliphatic rings. The summed E-state index contributed by atoms with van der Waals surface area (Å²) in [6, 6.07) is 21.0. The van der Waals surface area contributed by atoms with Crippen LogP contribution in [0.2, 0.25) is 0 Å². The van der Waals surface area contributed by atoms with E-state index in [1.54, 1.807) is 23.5 Å². The van der Waals surface area contributed by atoms with Crippen molar-refractivity contribution in [3.63, 3.8) is 0 Å². The Bertz CT molecular complexity index is 1250. The lowest BCUT2D eigenvalue weighted by Crippen LogP contribution is -2.16. The van der Waals surface area contributed by atoms with Gasteiger partial charge in [-0.3, -0.25) is 4.79 Å². The topological polar surface area (TPSA) is 43.6 Å². The van der Waals surface area contributed by atoms with Gasteiger partial charge in [-0.2, -0.15) is 4.99 Å². The van der Waals surface area contributed by atoms with Crippen LogP contribution >= 0.6 is 11.3 Å². The lowest BCUT2D eigenvalue weighted by atomic mass is 10.1. The molecule has 0 spiro atoms. The molecular weight excluding hydrogens is 380 g/mol. The molecule has 5 heteroatoms. The summed E-state index contributed by atoms with van der Waals surface area (Å²) in [6.07, 6.45) is 0. The van der Waals surface area contributed by atoms with E-state index in [9.17, 15) is 4.79 Å². The molecule has 0 N–H and O–H groups in total. The molecular formula is C24H22N2O2S. The number of hydrogen-bond donors (Lipinski definition) is 0. The van der Waals surface area contributed by atoms with Crippen molar-refractivity contribution in [3.05, 3.63) is 88.2 Å². The van der Waals surface area contributed by atoms with E-state index in [2.05, 4.69) is 42.5 Å². The number of carbonyl (C=O) groups excluding carboxylic acids is 1. The summed E-state index contributed by atoms with van der Waals surface area (Å²) in [6.45, 7) is 7.03. The molecule has 0 fully saturated rings. The van der Waals surface area contributed by atoms with Crippen LogP contribution in [0.1, 0.15) is 28.4 Å². The van der Waals surface area contributed by atoms with Crippen LogP contribution in [-0.4, -0.2) is 10.5 Å². The summed E-state index contributed by atoms with van der Waals surface area (Å²) >= 11 is 1.55. The quantitative estimate of drug-likeness (QED) is 0.428. The fourth-order valence-electron chi connectivity index (χ4n) is 3.18. The summed E-state index contributed by atoms with van der Waals surface area (Å²) in [5.74, 6) is 1.07. The van der Waals surface area contributed by atoms with Crippen LogP contribution in [0.4, 0.5) is 0 Å². The number of aromatic nitrogens is 1. The number of hydrogen-bond acceptors (Lipinski definition) is 3. The van der Waals surface area contributed by atoms with Gasteiger partial charge in [0.25, 0.3) is 5.91 Å². The van der Waals surface area contributed by atoms with Gasteiger partial charge in [0.15, 0.2) is 4.80 Å². The number of benzene rings is 3. The lowest BCUT2D eigenvalue weighted by molar-refractivity contribution is 0.0997. The van der Waals surface area contributed by atoms with Gasteiger partial charge in [0.05, 0.1) is 10.2 Å². The van der Waals surface area contributed by atoms with Gasteiger partial charge < -0.3 is 9.30 Å². The smallest absolute Gasteiger partial charge is 0.279 e. The van der Waals surface area contributed by atoms with Crippen LogP contribution in [0.3, 0.4) is 0 Å². The Hall–Kier alpha value is -3.18. The summed E-state index contributed by atoms with van der Waals surface area (Å²) in [7, 11) is 0. The van der Waals surface area contributed by atoms with Crippen molar-refractivity contribution in [1.29, 1.82) is 0 Å². The number of amides is 1. The largest absolute Gasteiger partial charge is 0.457 e. The number of ether oxygens (including phenoxy) is 1. The van der Waals surface area contributed by atoms with E-state index >= 15 is 0 Å². The fourth-order valence-corrected chi connectivity index (χ4v) is 4.35. The molecule has 4 rings (SSSR count). The zero-order valence-corrected chi connectivity index (χ0v) is 17.5. The monoisotopic (exact) mass is 402 g/mol. The predicted octanol–water partition coefficient (Wildman–Crippen LogP) is 5.87. The molecule has 0 radical (unpaired) electrons. The van der Waals surface area contributed by atoms with Crippen LogP contribution in [-0.2, 0) is 6.54 Å². The number of nitrogens with zero attached hydrogens (tertiary/aromatic N) is 2. The van der Waals surface area contributed by atoms with Gasteiger partial charge in [-0.1, -0.05) is 35.6 Å². The van der Waals surface area contributed by atoms with Gasteiger partial charge in [-0.05, 0) is 74.4 Å². The predicted molar refractivity (Wildman–Crippen MR) is 118 cm³/mol. The Balaban J connectivity index is 1.70. The first-order valence-electron chi connectivity index (χ1n) is 9.58. The van der Waals surface area contributed by atoms with Gasteiger partial charge >= 0.3 is 0 Å². The maximum Gasteiger partial charge on any atom is 0.279 e. The van der Waals surface area contributed by atoms with Crippen molar-refractivity contribution in [3.8, 4) is 11.5 Å². The maximum absolute atomic E-state index is 12.9. The molecule has 0 bridgehead atoms. The second-order valence-electron chi connectivity index (χ2n) is 6.89. The zero-order valence-electron chi connectivity index (χ0n) is 16.7. The van der Waals surface area contributed by atoms with Crippen LogP contribution in [0.5, 0.6) is 11.5 Å². The lowest BCUT2D eigenvalue weighted by Gasteiger charge is -2.06. The molecule has 4 aromatic rings. The maximum atomic E-state index is 12.9. The molecule has 1 aromatic heterocycles. The Kier molecular flexibility index (Phi) is 5.32. The molecule has 146 valence electrons. The molecule has 1 amide bonds. The average Bonchev–Trinajstić information content (AvgIpc) is 3.05. The number of para-hydroxylation sites is 1. The number of carbonyl (C=O) groups is 1. The zero-order chi connectivity index (χ0) is 20.4. The third-order valence-corrected chi connectivity index (χ3v) is 5.91. The molecule has 3 aromatic carbocycles. The molecule has 0 saturated carbocycles. The van der Waals surface area contributed by atoms with Crippen LogP contribution in [0.25, 0.3) is 10.2 Å². The summed E-state index contributed by atoms with van der Waals surface area (Å²) in [5, 5.41) is 0. The fraction of sp³-hybridized carbons (Fsp3) is 0.167. The summed E-state index contributed by atoms with van der Waals surface area (Å²) in [4.78, 5) is 18.0. The number of rotatable bonds is 4. The van der Waals surface area contributed by atoms with Crippen LogP contribution < -0.4 is 9.54 Å².